The van der Waals surface area contributed by atoms with Crippen LogP contribution in [0.2, 0.25) is 0 Å². The van der Waals surface area contributed by atoms with Crippen molar-refractivity contribution in [3.05, 3.63) is 65.7 Å². The molecular weight excluding hydrogens is 459 g/mol. The van der Waals surface area contributed by atoms with Crippen LogP contribution in [0.25, 0.3) is 6.08 Å². The molecule has 1 aliphatic rings. The summed E-state index contributed by atoms with van der Waals surface area (Å²) in [5.74, 6) is -3.02. The Morgan fingerprint density at radius 1 is 1.00 bits per heavy atom. The molecule has 2 aromatic rings. The summed E-state index contributed by atoms with van der Waals surface area (Å²) in [5, 5.41) is 0. The van der Waals surface area contributed by atoms with Crippen LogP contribution in [-0.2, 0) is 14.8 Å². The summed E-state index contributed by atoms with van der Waals surface area (Å²) in [4.78, 5) is 12.9. The van der Waals surface area contributed by atoms with Crippen LogP contribution in [0.15, 0.2) is 53.4 Å². The van der Waals surface area contributed by atoms with Crippen LogP contribution in [0, 0.1) is 11.6 Å². The molecule has 0 unspecified atom stereocenters. The molecule has 0 N–H and O–H groups in total. The van der Waals surface area contributed by atoms with Crippen LogP contribution in [0.5, 0.6) is 5.75 Å². The van der Waals surface area contributed by atoms with Crippen LogP contribution in [0.3, 0.4) is 0 Å². The predicted octanol–water partition coefficient (Wildman–Crippen LogP) is 3.41. The van der Waals surface area contributed by atoms with Gasteiger partial charge in [0.25, 0.3) is 0 Å². The number of sulfonamides is 1. The van der Waals surface area contributed by atoms with Gasteiger partial charge in [0.2, 0.25) is 15.9 Å². The predicted molar refractivity (Wildman–Crippen MR) is 104 cm³/mol. The van der Waals surface area contributed by atoms with E-state index in [0.717, 1.165) is 28.6 Å². The second-order valence-corrected chi connectivity index (χ2v) is 8.63. The van der Waals surface area contributed by atoms with Crippen molar-refractivity contribution in [3.8, 4) is 5.75 Å². The van der Waals surface area contributed by atoms with Crippen molar-refractivity contribution < 1.29 is 39.9 Å². The standard InChI is InChI=1S/C20H17F5N2O4S/c21-15-6-7-16(22)18(13-15)32(29,30)27-11-9-26(10-12-27)19(28)8-5-14-3-1-2-4-17(14)31-20(23,24)25/h1-8,13H,9-12H2/b8-5+. The number of para-hydroxylation sites is 1. The van der Waals surface area contributed by atoms with E-state index in [2.05, 4.69) is 4.74 Å². The molecular formula is C20H17F5N2O4S. The van der Waals surface area contributed by atoms with Gasteiger partial charge in [-0.15, -0.1) is 13.2 Å². The first-order chi connectivity index (χ1) is 15.0. The summed E-state index contributed by atoms with van der Waals surface area (Å²) >= 11 is 0. The van der Waals surface area contributed by atoms with Gasteiger partial charge in [-0.05, 0) is 30.3 Å². The molecule has 1 saturated heterocycles. The van der Waals surface area contributed by atoms with Gasteiger partial charge in [0.05, 0.1) is 0 Å². The number of halogens is 5. The van der Waals surface area contributed by atoms with Crippen molar-refractivity contribution in [3.63, 3.8) is 0 Å². The van der Waals surface area contributed by atoms with E-state index in [9.17, 15) is 35.2 Å². The molecule has 1 fully saturated rings. The molecule has 2 aromatic carbocycles. The molecule has 0 radical (unpaired) electrons. The first kappa shape index (κ1) is 23.7. The van der Waals surface area contributed by atoms with E-state index in [0.29, 0.717) is 12.1 Å². The van der Waals surface area contributed by atoms with E-state index in [1.807, 2.05) is 0 Å². The number of alkyl halides is 3. The monoisotopic (exact) mass is 476 g/mol. The molecule has 1 aliphatic heterocycles. The molecule has 172 valence electrons. The fraction of sp³-hybridized carbons (Fsp3) is 0.250. The maximum absolute atomic E-state index is 13.9. The molecule has 3 rings (SSSR count). The zero-order chi connectivity index (χ0) is 23.5. The fourth-order valence-corrected chi connectivity index (χ4v) is 4.56. The van der Waals surface area contributed by atoms with E-state index in [1.165, 1.54) is 23.1 Å². The largest absolute Gasteiger partial charge is 0.573 e. The molecule has 6 nitrogen and oxygen atoms in total. The molecule has 12 heteroatoms. The van der Waals surface area contributed by atoms with E-state index in [1.54, 1.807) is 0 Å². The molecule has 0 saturated carbocycles. The summed E-state index contributed by atoms with van der Waals surface area (Å²) in [5.41, 5.74) is 0.0287. The number of rotatable bonds is 5. The third-order valence-corrected chi connectivity index (χ3v) is 6.53. The van der Waals surface area contributed by atoms with Crippen molar-refractivity contribution in [1.82, 2.24) is 9.21 Å². The first-order valence-electron chi connectivity index (χ1n) is 9.24. The number of hydrogen-bond donors (Lipinski definition) is 0. The summed E-state index contributed by atoms with van der Waals surface area (Å²) < 4.78 is 94.8. The van der Waals surface area contributed by atoms with Crippen molar-refractivity contribution in [2.24, 2.45) is 0 Å². The molecule has 0 aliphatic carbocycles. The third kappa shape index (κ3) is 5.62. The lowest BCUT2D eigenvalue weighted by molar-refractivity contribution is -0.274. The normalized spacial score (nSPS) is 15.8. The molecule has 1 amide bonds. The second kappa shape index (κ2) is 9.25. The summed E-state index contributed by atoms with van der Waals surface area (Å²) in [6.45, 7) is -0.405. The molecule has 32 heavy (non-hydrogen) atoms. The van der Waals surface area contributed by atoms with Gasteiger partial charge in [0, 0.05) is 37.8 Å². The number of carbonyl (C=O) groups is 1. The smallest absolute Gasteiger partial charge is 0.405 e. The number of nitrogens with zero attached hydrogens (tertiary/aromatic N) is 2. The highest BCUT2D eigenvalue weighted by Gasteiger charge is 2.33. The molecule has 0 aromatic heterocycles. The van der Waals surface area contributed by atoms with Gasteiger partial charge in [-0.25, -0.2) is 17.2 Å². The van der Waals surface area contributed by atoms with Gasteiger partial charge < -0.3 is 9.64 Å². The minimum atomic E-state index is -4.89. The van der Waals surface area contributed by atoms with E-state index in [-0.39, 0.29) is 31.7 Å². The van der Waals surface area contributed by atoms with Crippen LogP contribution in [0.1, 0.15) is 5.56 Å². The number of benzene rings is 2. The lowest BCUT2D eigenvalue weighted by Gasteiger charge is -2.33. The highest BCUT2D eigenvalue weighted by atomic mass is 32.2. The Morgan fingerprint density at radius 2 is 1.66 bits per heavy atom. The fourth-order valence-electron chi connectivity index (χ4n) is 3.07. The van der Waals surface area contributed by atoms with Gasteiger partial charge in [-0.3, -0.25) is 4.79 Å². The van der Waals surface area contributed by atoms with Gasteiger partial charge in [-0.2, -0.15) is 4.31 Å². The molecule has 1 heterocycles. The Hall–Kier alpha value is -2.99. The summed E-state index contributed by atoms with van der Waals surface area (Å²) in [6.07, 6.45) is -2.68. The Balaban J connectivity index is 1.66. The summed E-state index contributed by atoms with van der Waals surface area (Å²) in [6, 6.07) is 7.37. The minimum Gasteiger partial charge on any atom is -0.405 e. The number of ether oxygens (including phenoxy) is 1. The Kier molecular flexibility index (Phi) is 6.84. The molecule has 0 atom stereocenters. The average molecular weight is 476 g/mol. The highest BCUT2D eigenvalue weighted by Crippen LogP contribution is 2.27. The zero-order valence-electron chi connectivity index (χ0n) is 16.4. The maximum Gasteiger partial charge on any atom is 0.573 e. The Labute approximate surface area is 180 Å². The zero-order valence-corrected chi connectivity index (χ0v) is 17.2. The minimum absolute atomic E-state index is 0.0287. The van der Waals surface area contributed by atoms with Gasteiger partial charge in [0.1, 0.15) is 22.3 Å². The topological polar surface area (TPSA) is 66.9 Å². The Morgan fingerprint density at radius 3 is 2.31 bits per heavy atom. The first-order valence-corrected chi connectivity index (χ1v) is 10.7. The van der Waals surface area contributed by atoms with Crippen molar-refractivity contribution in [2.45, 2.75) is 11.3 Å². The number of hydrogen-bond acceptors (Lipinski definition) is 4. The number of amides is 1. The molecule has 0 spiro atoms. The number of piperazine rings is 1. The summed E-state index contributed by atoms with van der Waals surface area (Å²) in [7, 11) is -4.30. The van der Waals surface area contributed by atoms with E-state index < -0.39 is 44.6 Å². The van der Waals surface area contributed by atoms with Crippen molar-refractivity contribution >= 4 is 22.0 Å². The quantitative estimate of drug-likeness (QED) is 0.490. The maximum atomic E-state index is 13.9. The van der Waals surface area contributed by atoms with Crippen molar-refractivity contribution in [2.75, 3.05) is 26.2 Å². The van der Waals surface area contributed by atoms with Gasteiger partial charge in [-0.1, -0.05) is 18.2 Å². The SMILES string of the molecule is O=C(/C=C/c1ccccc1OC(F)(F)F)N1CCN(S(=O)(=O)c2cc(F)ccc2F)CC1. The Bertz CT molecular complexity index is 1130. The number of carbonyl (C=O) groups excluding carboxylic acids is 1. The highest BCUT2D eigenvalue weighted by molar-refractivity contribution is 7.89. The van der Waals surface area contributed by atoms with Gasteiger partial charge >= 0.3 is 6.36 Å². The van der Waals surface area contributed by atoms with Crippen LogP contribution < -0.4 is 4.74 Å². The van der Waals surface area contributed by atoms with Gasteiger partial charge in [0.15, 0.2) is 0 Å². The third-order valence-electron chi connectivity index (χ3n) is 4.61. The van der Waals surface area contributed by atoms with Crippen LogP contribution >= 0.6 is 0 Å². The molecule has 0 bridgehead atoms. The van der Waals surface area contributed by atoms with Crippen molar-refractivity contribution in [1.29, 1.82) is 0 Å². The van der Waals surface area contributed by atoms with E-state index >= 15 is 0 Å². The lowest BCUT2D eigenvalue weighted by atomic mass is 10.2. The lowest BCUT2D eigenvalue weighted by Crippen LogP contribution is -2.50. The van der Waals surface area contributed by atoms with Crippen LogP contribution in [-0.4, -0.2) is 56.1 Å². The van der Waals surface area contributed by atoms with Crippen LogP contribution in [0.4, 0.5) is 22.0 Å². The van der Waals surface area contributed by atoms with E-state index in [4.69, 9.17) is 0 Å². The average Bonchev–Trinajstić information content (AvgIpc) is 2.73. The second-order valence-electron chi connectivity index (χ2n) is 6.72.